The number of hydrogen-bond acceptors (Lipinski definition) is 3. The van der Waals surface area contributed by atoms with Gasteiger partial charge in [0.1, 0.15) is 0 Å². The van der Waals surface area contributed by atoms with Crippen LogP contribution in [0.15, 0.2) is 36.9 Å². The summed E-state index contributed by atoms with van der Waals surface area (Å²) in [6, 6.07) is 7.32. The van der Waals surface area contributed by atoms with Gasteiger partial charge in [-0.05, 0) is 18.1 Å². The van der Waals surface area contributed by atoms with Crippen LogP contribution in [0.25, 0.3) is 0 Å². The molecule has 0 aliphatic heterocycles. The average Bonchev–Trinajstić information content (AvgIpc) is 2.24. The first-order chi connectivity index (χ1) is 7.94. The second kappa shape index (κ2) is 6.19. The van der Waals surface area contributed by atoms with Crippen LogP contribution in [0.3, 0.4) is 0 Å². The Labute approximate surface area is 107 Å². The minimum absolute atomic E-state index is 0.0780. The van der Waals surface area contributed by atoms with Crippen LogP contribution >= 0.6 is 11.6 Å². The summed E-state index contributed by atoms with van der Waals surface area (Å²) in [6.45, 7) is 3.73. The van der Waals surface area contributed by atoms with Crippen LogP contribution in [0.4, 0.5) is 0 Å². The fraction of sp³-hybridized carbons (Fsp3) is 0.333. The first-order valence-electron chi connectivity index (χ1n) is 5.13. The standard InChI is InChI=1S/C12H15ClO3S/c1-3-6-10(9-16-17(2,14)15)11-7-4-5-8-12(11)13/h3-5,7-8,10H,1,6,9H2,2H3. The smallest absolute Gasteiger partial charge is 0.264 e. The van der Waals surface area contributed by atoms with Gasteiger partial charge in [-0.1, -0.05) is 35.9 Å². The Balaban J connectivity index is 2.86. The maximum absolute atomic E-state index is 11.0. The molecule has 0 amide bonds. The molecule has 0 radical (unpaired) electrons. The molecule has 0 heterocycles. The van der Waals surface area contributed by atoms with Crippen molar-refractivity contribution in [2.24, 2.45) is 0 Å². The van der Waals surface area contributed by atoms with Gasteiger partial charge in [-0.25, -0.2) is 0 Å². The zero-order chi connectivity index (χ0) is 12.9. The van der Waals surface area contributed by atoms with E-state index in [4.69, 9.17) is 15.8 Å². The fourth-order valence-corrected chi connectivity index (χ4v) is 2.20. The number of halogens is 1. The van der Waals surface area contributed by atoms with Crippen LogP contribution in [0, 0.1) is 0 Å². The van der Waals surface area contributed by atoms with Crippen molar-refractivity contribution in [1.82, 2.24) is 0 Å². The van der Waals surface area contributed by atoms with E-state index in [1.807, 2.05) is 18.2 Å². The summed E-state index contributed by atoms with van der Waals surface area (Å²) in [5.41, 5.74) is 0.873. The Morgan fingerprint density at radius 3 is 2.65 bits per heavy atom. The second-order valence-corrected chi connectivity index (χ2v) is 5.78. The third kappa shape index (κ3) is 4.89. The van der Waals surface area contributed by atoms with Gasteiger partial charge in [0.2, 0.25) is 0 Å². The molecule has 0 aliphatic rings. The molecule has 94 valence electrons. The third-order valence-corrected chi connectivity index (χ3v) is 3.19. The summed E-state index contributed by atoms with van der Waals surface area (Å²) in [4.78, 5) is 0. The second-order valence-electron chi connectivity index (χ2n) is 3.73. The quantitative estimate of drug-likeness (QED) is 0.592. The molecule has 1 atom stereocenters. The highest BCUT2D eigenvalue weighted by molar-refractivity contribution is 7.85. The molecule has 0 bridgehead atoms. The van der Waals surface area contributed by atoms with Crippen molar-refractivity contribution in [2.75, 3.05) is 12.9 Å². The van der Waals surface area contributed by atoms with Crippen molar-refractivity contribution in [3.05, 3.63) is 47.5 Å². The minimum atomic E-state index is -3.44. The van der Waals surface area contributed by atoms with E-state index in [1.54, 1.807) is 12.1 Å². The van der Waals surface area contributed by atoms with E-state index in [-0.39, 0.29) is 12.5 Å². The van der Waals surface area contributed by atoms with Crippen molar-refractivity contribution in [2.45, 2.75) is 12.3 Å². The molecule has 0 N–H and O–H groups in total. The van der Waals surface area contributed by atoms with Gasteiger partial charge in [-0.3, -0.25) is 4.18 Å². The predicted octanol–water partition coefficient (Wildman–Crippen LogP) is 2.98. The largest absolute Gasteiger partial charge is 0.270 e. The van der Waals surface area contributed by atoms with Crippen LogP contribution in [-0.4, -0.2) is 21.3 Å². The van der Waals surface area contributed by atoms with Crippen molar-refractivity contribution in [1.29, 1.82) is 0 Å². The van der Waals surface area contributed by atoms with Crippen molar-refractivity contribution in [3.63, 3.8) is 0 Å². The van der Waals surface area contributed by atoms with Crippen LogP contribution in [-0.2, 0) is 14.3 Å². The SMILES string of the molecule is C=CCC(COS(C)(=O)=O)c1ccccc1Cl. The van der Waals surface area contributed by atoms with Crippen LogP contribution < -0.4 is 0 Å². The van der Waals surface area contributed by atoms with Gasteiger partial charge in [0.05, 0.1) is 12.9 Å². The van der Waals surface area contributed by atoms with Gasteiger partial charge in [0.15, 0.2) is 0 Å². The van der Waals surface area contributed by atoms with Gasteiger partial charge in [0, 0.05) is 10.9 Å². The molecular formula is C12H15ClO3S. The third-order valence-electron chi connectivity index (χ3n) is 2.28. The summed E-state index contributed by atoms with van der Waals surface area (Å²) in [5, 5.41) is 0.608. The van der Waals surface area contributed by atoms with Crippen molar-refractivity contribution in [3.8, 4) is 0 Å². The van der Waals surface area contributed by atoms with Gasteiger partial charge in [-0.15, -0.1) is 6.58 Å². The van der Waals surface area contributed by atoms with Crippen LogP contribution in [0.1, 0.15) is 17.9 Å². The van der Waals surface area contributed by atoms with E-state index in [0.717, 1.165) is 11.8 Å². The minimum Gasteiger partial charge on any atom is -0.270 e. The Bertz CT molecular complexity index is 482. The lowest BCUT2D eigenvalue weighted by atomic mass is 9.97. The Kier molecular flexibility index (Phi) is 5.18. The van der Waals surface area contributed by atoms with Gasteiger partial charge >= 0.3 is 0 Å². The molecular weight excluding hydrogens is 260 g/mol. The van der Waals surface area contributed by atoms with Gasteiger partial charge in [0.25, 0.3) is 10.1 Å². The predicted molar refractivity (Wildman–Crippen MR) is 69.8 cm³/mol. The Morgan fingerprint density at radius 1 is 1.47 bits per heavy atom. The monoisotopic (exact) mass is 274 g/mol. The van der Waals surface area contributed by atoms with Gasteiger partial charge in [-0.2, -0.15) is 8.42 Å². The molecule has 17 heavy (non-hydrogen) atoms. The molecule has 0 fully saturated rings. The highest BCUT2D eigenvalue weighted by Crippen LogP contribution is 2.27. The molecule has 1 rings (SSSR count). The Morgan fingerprint density at radius 2 is 2.12 bits per heavy atom. The summed E-state index contributed by atoms with van der Waals surface area (Å²) in [6.07, 6.45) is 3.36. The van der Waals surface area contributed by atoms with Gasteiger partial charge < -0.3 is 0 Å². The molecule has 1 unspecified atom stereocenters. The zero-order valence-electron chi connectivity index (χ0n) is 9.60. The average molecular weight is 275 g/mol. The lowest BCUT2D eigenvalue weighted by molar-refractivity contribution is 0.295. The topological polar surface area (TPSA) is 43.4 Å². The summed E-state index contributed by atoms with van der Waals surface area (Å²) < 4.78 is 26.8. The summed E-state index contributed by atoms with van der Waals surface area (Å²) >= 11 is 6.07. The van der Waals surface area contributed by atoms with E-state index in [1.165, 1.54) is 0 Å². The molecule has 1 aromatic carbocycles. The Hall–Kier alpha value is -0.840. The number of benzene rings is 1. The molecule has 1 aromatic rings. The summed E-state index contributed by atoms with van der Waals surface area (Å²) in [7, 11) is -3.44. The van der Waals surface area contributed by atoms with E-state index in [9.17, 15) is 8.42 Å². The van der Waals surface area contributed by atoms with E-state index in [2.05, 4.69) is 6.58 Å². The number of allylic oxidation sites excluding steroid dienone is 1. The summed E-state index contributed by atoms with van der Waals surface area (Å²) in [5.74, 6) is -0.101. The van der Waals surface area contributed by atoms with E-state index < -0.39 is 10.1 Å². The zero-order valence-corrected chi connectivity index (χ0v) is 11.2. The molecule has 5 heteroatoms. The lowest BCUT2D eigenvalue weighted by Gasteiger charge is -2.16. The fourth-order valence-electron chi connectivity index (χ4n) is 1.50. The highest BCUT2D eigenvalue weighted by Gasteiger charge is 2.15. The lowest BCUT2D eigenvalue weighted by Crippen LogP contribution is -2.12. The van der Waals surface area contributed by atoms with Crippen LogP contribution in [0.2, 0.25) is 5.02 Å². The van der Waals surface area contributed by atoms with E-state index >= 15 is 0 Å². The maximum Gasteiger partial charge on any atom is 0.264 e. The normalized spacial score (nSPS) is 13.3. The van der Waals surface area contributed by atoms with Crippen molar-refractivity contribution < 1.29 is 12.6 Å². The molecule has 0 saturated carbocycles. The van der Waals surface area contributed by atoms with Crippen LogP contribution in [0.5, 0.6) is 0 Å². The number of hydrogen-bond donors (Lipinski definition) is 0. The molecule has 0 spiro atoms. The highest BCUT2D eigenvalue weighted by atomic mass is 35.5. The molecule has 0 aromatic heterocycles. The van der Waals surface area contributed by atoms with Crippen molar-refractivity contribution >= 4 is 21.7 Å². The first kappa shape index (κ1) is 14.2. The maximum atomic E-state index is 11.0. The van der Waals surface area contributed by atoms with E-state index in [0.29, 0.717) is 11.4 Å². The molecule has 0 aliphatic carbocycles. The molecule has 3 nitrogen and oxygen atoms in total. The number of rotatable bonds is 6. The first-order valence-corrected chi connectivity index (χ1v) is 7.33. The molecule has 0 saturated heterocycles.